The summed E-state index contributed by atoms with van der Waals surface area (Å²) in [5.41, 5.74) is 1.16. The van der Waals surface area contributed by atoms with Crippen LogP contribution < -0.4 is 10.1 Å². The molecule has 1 N–H and O–H groups in total. The lowest BCUT2D eigenvalue weighted by atomic mass is 9.82. The van der Waals surface area contributed by atoms with Crippen molar-refractivity contribution < 1.29 is 14.3 Å². The third kappa shape index (κ3) is 3.45. The van der Waals surface area contributed by atoms with Gasteiger partial charge in [-0.05, 0) is 18.9 Å². The van der Waals surface area contributed by atoms with Gasteiger partial charge in [-0.1, -0.05) is 18.2 Å². The first-order valence-corrected chi connectivity index (χ1v) is 10.7. The number of fused-ring (bicyclic) bond motifs is 6. The molecule has 1 aromatic carbocycles. The molecule has 4 aliphatic heterocycles. The number of nitrogens with zero attached hydrogens (tertiary/aromatic N) is 3. The van der Waals surface area contributed by atoms with E-state index in [9.17, 15) is 4.79 Å². The summed E-state index contributed by atoms with van der Waals surface area (Å²) in [6.07, 6.45) is 4.07. The molecule has 0 aromatic heterocycles. The normalized spacial score (nSPS) is 32.6. The van der Waals surface area contributed by atoms with Crippen LogP contribution in [0.5, 0.6) is 5.75 Å². The van der Waals surface area contributed by atoms with Gasteiger partial charge >= 0.3 is 0 Å². The first-order chi connectivity index (χ1) is 14.1. The summed E-state index contributed by atoms with van der Waals surface area (Å²) < 4.78 is 11.9. The molecule has 7 heteroatoms. The number of carbonyl (C=O) groups excluding carboxylic acids is 1. The lowest BCUT2D eigenvalue weighted by Gasteiger charge is -2.31. The second-order valence-electron chi connectivity index (χ2n) is 8.82. The number of guanidine groups is 1. The van der Waals surface area contributed by atoms with Crippen molar-refractivity contribution in [1.82, 2.24) is 15.1 Å². The molecule has 1 amide bonds. The van der Waals surface area contributed by atoms with Crippen molar-refractivity contribution in [2.24, 2.45) is 16.8 Å². The van der Waals surface area contributed by atoms with Gasteiger partial charge in [0.05, 0.1) is 24.9 Å². The minimum atomic E-state index is 0.0134. The number of likely N-dealkylation sites (N-methyl/N-ethyl adjacent to an activating group) is 1. The zero-order chi connectivity index (χ0) is 20.0. The molecular formula is C22H30N4O3. The zero-order valence-corrected chi connectivity index (χ0v) is 17.2. The Morgan fingerprint density at radius 2 is 1.90 bits per heavy atom. The lowest BCUT2D eigenvalue weighted by Crippen LogP contribution is -2.44. The Morgan fingerprint density at radius 1 is 1.17 bits per heavy atom. The summed E-state index contributed by atoms with van der Waals surface area (Å²) in [4.78, 5) is 20.9. The van der Waals surface area contributed by atoms with Crippen molar-refractivity contribution >= 4 is 11.9 Å². The van der Waals surface area contributed by atoms with Crippen molar-refractivity contribution in [2.75, 3.05) is 40.3 Å². The van der Waals surface area contributed by atoms with Gasteiger partial charge in [0.1, 0.15) is 12.3 Å². The number of nitrogens with one attached hydrogen (secondary N) is 1. The molecule has 5 atom stereocenters. The topological polar surface area (TPSA) is 66.4 Å². The summed E-state index contributed by atoms with van der Waals surface area (Å²) in [5.74, 6) is 2.97. The summed E-state index contributed by atoms with van der Waals surface area (Å²) in [5, 5.41) is 3.67. The number of aliphatic imine (C=N–C) groups is 1. The Labute approximate surface area is 172 Å². The van der Waals surface area contributed by atoms with E-state index in [0.29, 0.717) is 30.7 Å². The highest BCUT2D eigenvalue weighted by Gasteiger charge is 2.53. The highest BCUT2D eigenvalue weighted by molar-refractivity contribution is 5.85. The maximum absolute atomic E-state index is 12.2. The van der Waals surface area contributed by atoms with Gasteiger partial charge in [-0.2, -0.15) is 0 Å². The fourth-order valence-corrected chi connectivity index (χ4v) is 5.30. The molecule has 29 heavy (non-hydrogen) atoms. The van der Waals surface area contributed by atoms with Gasteiger partial charge in [0.25, 0.3) is 0 Å². The van der Waals surface area contributed by atoms with E-state index in [2.05, 4.69) is 16.3 Å². The Kier molecular flexibility index (Phi) is 4.86. The largest absolute Gasteiger partial charge is 0.493 e. The van der Waals surface area contributed by atoms with Gasteiger partial charge in [-0.15, -0.1) is 0 Å². The lowest BCUT2D eigenvalue weighted by molar-refractivity contribution is -0.127. The van der Waals surface area contributed by atoms with Crippen LogP contribution in [0.25, 0.3) is 0 Å². The predicted molar refractivity (Wildman–Crippen MR) is 110 cm³/mol. The molecular weight excluding hydrogens is 368 g/mol. The predicted octanol–water partition coefficient (Wildman–Crippen LogP) is 1.65. The Morgan fingerprint density at radius 3 is 2.62 bits per heavy atom. The fourth-order valence-electron chi connectivity index (χ4n) is 5.30. The van der Waals surface area contributed by atoms with Crippen molar-refractivity contribution in [3.8, 4) is 5.75 Å². The van der Waals surface area contributed by atoms with Crippen LogP contribution in [-0.4, -0.2) is 74.2 Å². The second kappa shape index (κ2) is 7.52. The van der Waals surface area contributed by atoms with Crippen LogP contribution in [0.1, 0.15) is 30.9 Å². The summed E-state index contributed by atoms with van der Waals surface area (Å²) >= 11 is 0. The third-order valence-corrected chi connectivity index (χ3v) is 6.88. The molecule has 3 saturated heterocycles. The van der Waals surface area contributed by atoms with Gasteiger partial charge in [-0.25, -0.2) is 4.99 Å². The number of hydrogen-bond donors (Lipinski definition) is 1. The van der Waals surface area contributed by atoms with E-state index >= 15 is 0 Å². The Hall–Kier alpha value is -2.28. The number of likely N-dealkylation sites (tertiary alicyclic amines) is 1. The fraction of sp³-hybridized carbons (Fsp3) is 0.636. The maximum Gasteiger partial charge on any atom is 0.243 e. The van der Waals surface area contributed by atoms with Crippen LogP contribution in [0.3, 0.4) is 0 Å². The molecule has 156 valence electrons. The maximum atomic E-state index is 12.2. The highest BCUT2D eigenvalue weighted by Crippen LogP contribution is 2.47. The van der Waals surface area contributed by atoms with E-state index in [0.717, 1.165) is 36.8 Å². The van der Waals surface area contributed by atoms with Crippen molar-refractivity contribution in [2.45, 2.75) is 37.5 Å². The summed E-state index contributed by atoms with van der Waals surface area (Å²) in [6, 6.07) is 8.32. The molecule has 3 fully saturated rings. The van der Waals surface area contributed by atoms with E-state index in [1.54, 1.807) is 19.0 Å². The Balaban J connectivity index is 1.37. The number of hydrogen-bond acceptors (Lipinski definition) is 4. The molecule has 0 radical (unpaired) electrons. The first-order valence-electron chi connectivity index (χ1n) is 10.7. The molecule has 4 heterocycles. The molecule has 0 saturated carbocycles. The van der Waals surface area contributed by atoms with Crippen molar-refractivity contribution in [1.29, 1.82) is 0 Å². The second-order valence-corrected chi connectivity index (χ2v) is 8.82. The van der Waals surface area contributed by atoms with E-state index in [4.69, 9.17) is 14.5 Å². The zero-order valence-electron chi connectivity index (χ0n) is 17.2. The minimum absolute atomic E-state index is 0.0134. The van der Waals surface area contributed by atoms with E-state index in [1.807, 2.05) is 18.2 Å². The van der Waals surface area contributed by atoms with E-state index in [1.165, 1.54) is 12.8 Å². The van der Waals surface area contributed by atoms with Crippen LogP contribution in [0.2, 0.25) is 0 Å². The average molecular weight is 399 g/mol. The van der Waals surface area contributed by atoms with Crippen LogP contribution in [0.15, 0.2) is 29.3 Å². The number of rotatable bonds is 3. The molecule has 4 aliphatic rings. The van der Waals surface area contributed by atoms with Crippen LogP contribution in [-0.2, 0) is 9.53 Å². The van der Waals surface area contributed by atoms with E-state index < -0.39 is 0 Å². The monoisotopic (exact) mass is 398 g/mol. The average Bonchev–Trinajstić information content (AvgIpc) is 3.44. The molecule has 2 bridgehead atoms. The van der Waals surface area contributed by atoms with Crippen LogP contribution >= 0.6 is 0 Å². The van der Waals surface area contributed by atoms with Gasteiger partial charge in [0.15, 0.2) is 5.96 Å². The smallest absolute Gasteiger partial charge is 0.243 e. The third-order valence-electron chi connectivity index (χ3n) is 6.88. The number of benzene rings is 1. The minimum Gasteiger partial charge on any atom is -0.493 e. The van der Waals surface area contributed by atoms with E-state index in [-0.39, 0.29) is 18.5 Å². The molecule has 0 aliphatic carbocycles. The SMILES string of the molecule is CN(C)C(=O)CN=C(NC1CCOc2ccccc21)N1CC2C3CCC(O3)C2C1. The number of amides is 1. The van der Waals surface area contributed by atoms with Crippen LogP contribution in [0, 0.1) is 11.8 Å². The van der Waals surface area contributed by atoms with Gasteiger partial charge in [0, 0.05) is 51.0 Å². The number of ether oxygens (including phenoxy) is 2. The van der Waals surface area contributed by atoms with Crippen molar-refractivity contribution in [3.63, 3.8) is 0 Å². The molecule has 7 nitrogen and oxygen atoms in total. The quantitative estimate of drug-likeness (QED) is 0.620. The van der Waals surface area contributed by atoms with Gasteiger partial charge < -0.3 is 24.6 Å². The molecule has 0 spiro atoms. The number of para-hydroxylation sites is 1. The summed E-state index contributed by atoms with van der Waals surface area (Å²) in [6.45, 7) is 2.76. The van der Waals surface area contributed by atoms with Gasteiger partial charge in [-0.3, -0.25) is 4.79 Å². The number of carbonyl (C=O) groups is 1. The van der Waals surface area contributed by atoms with Crippen LogP contribution in [0.4, 0.5) is 0 Å². The molecule has 1 aromatic rings. The summed E-state index contributed by atoms with van der Waals surface area (Å²) in [7, 11) is 3.55. The Bertz CT molecular complexity index is 793. The molecule has 5 rings (SSSR count). The first kappa shape index (κ1) is 18.7. The molecule has 5 unspecified atom stereocenters. The van der Waals surface area contributed by atoms with Crippen molar-refractivity contribution in [3.05, 3.63) is 29.8 Å². The highest BCUT2D eigenvalue weighted by atomic mass is 16.5. The standard InChI is InChI=1S/C22H30N4O3/c1-25(2)21(27)11-23-22(24-17-9-10-28-18-6-4-3-5-14(17)18)26-12-15-16(13-26)20-8-7-19(15)29-20/h3-6,15-17,19-20H,7-13H2,1-2H3,(H,23,24). The van der Waals surface area contributed by atoms with Gasteiger partial charge in [0.2, 0.25) is 5.91 Å².